The summed E-state index contributed by atoms with van der Waals surface area (Å²) in [5, 5.41) is 8.18. The summed E-state index contributed by atoms with van der Waals surface area (Å²) in [6.07, 6.45) is 0. The maximum absolute atomic E-state index is 2.61. The second-order valence-electron chi connectivity index (χ2n) is 27.5. The van der Waals surface area contributed by atoms with Crippen molar-refractivity contribution in [3.05, 3.63) is 251 Å². The fourth-order valence-corrected chi connectivity index (χ4v) is 19.5. The zero-order valence-corrected chi connectivity index (χ0v) is 54.2. The minimum Gasteiger partial charge on any atom is -0.309 e. The summed E-state index contributed by atoms with van der Waals surface area (Å²) in [6, 6.07) is 80.8. The Morgan fingerprint density at radius 3 is 1.23 bits per heavy atom. The van der Waals surface area contributed by atoms with E-state index in [4.69, 9.17) is 0 Å². The third-order valence-electron chi connectivity index (χ3n) is 18.5. The minimum absolute atomic E-state index is 0.00206. The van der Waals surface area contributed by atoms with Gasteiger partial charge in [-0.1, -0.05) is 244 Å². The van der Waals surface area contributed by atoms with Gasteiger partial charge in [-0.2, -0.15) is 0 Å². The Kier molecular flexibility index (Phi) is 12.3. The van der Waals surface area contributed by atoms with Gasteiger partial charge < -0.3 is 9.80 Å². The van der Waals surface area contributed by atoms with Crippen molar-refractivity contribution in [1.82, 2.24) is 0 Å². The Bertz CT molecular complexity index is 4560. The summed E-state index contributed by atoms with van der Waals surface area (Å²) in [4.78, 5) is 5.21. The molecule has 2 nitrogen and oxygen atoms in total. The molecule has 0 fully saturated rings. The lowest BCUT2D eigenvalue weighted by Gasteiger charge is -2.47. The van der Waals surface area contributed by atoms with Crippen LogP contribution in [0.25, 0.3) is 51.5 Å². The van der Waals surface area contributed by atoms with E-state index in [2.05, 4.69) is 304 Å². The van der Waals surface area contributed by atoms with E-state index in [0.717, 1.165) is 11.4 Å². The van der Waals surface area contributed by atoms with Gasteiger partial charge in [0.15, 0.2) is 0 Å². The van der Waals surface area contributed by atoms with Crippen LogP contribution in [0.3, 0.4) is 0 Å². The highest BCUT2D eigenvalue weighted by Gasteiger charge is 2.54. The largest absolute Gasteiger partial charge is 0.309 e. The zero-order chi connectivity index (χ0) is 57.7. The van der Waals surface area contributed by atoms with Gasteiger partial charge in [0.1, 0.15) is 0 Å². The summed E-state index contributed by atoms with van der Waals surface area (Å²) in [6.45, 7) is 31.3. The van der Waals surface area contributed by atoms with Crippen LogP contribution in [0.5, 0.6) is 0 Å². The molecular formula is C77H74N2S2Si2. The highest BCUT2D eigenvalue weighted by atomic mass is 32.1. The van der Waals surface area contributed by atoms with Crippen molar-refractivity contribution in [1.29, 1.82) is 0 Å². The monoisotopic (exact) mass is 1150 g/mol. The van der Waals surface area contributed by atoms with E-state index in [-0.39, 0.29) is 16.2 Å². The lowest BCUT2D eigenvalue weighted by molar-refractivity contribution is 0.563. The number of thiophene rings is 2. The van der Waals surface area contributed by atoms with Crippen molar-refractivity contribution >= 4 is 124 Å². The molecule has 0 N–H and O–H groups in total. The maximum atomic E-state index is 2.61. The Morgan fingerprint density at radius 1 is 0.386 bits per heavy atom. The first-order valence-corrected chi connectivity index (χ1v) is 37.9. The zero-order valence-electron chi connectivity index (χ0n) is 50.4. The Balaban J connectivity index is 1.06. The summed E-state index contributed by atoms with van der Waals surface area (Å²) in [5.41, 5.74) is 19.7. The van der Waals surface area contributed by atoms with Crippen LogP contribution in [0.2, 0.25) is 32.7 Å². The Labute approximate surface area is 502 Å². The molecule has 83 heavy (non-hydrogen) atoms. The van der Waals surface area contributed by atoms with Crippen LogP contribution in [-0.2, 0) is 21.7 Å². The number of hydrogen-bond donors (Lipinski definition) is 0. The molecule has 12 aromatic rings. The Morgan fingerprint density at radius 2 is 0.783 bits per heavy atom. The van der Waals surface area contributed by atoms with Gasteiger partial charge in [0.05, 0.1) is 43.1 Å². The van der Waals surface area contributed by atoms with Gasteiger partial charge >= 0.3 is 0 Å². The topological polar surface area (TPSA) is 6.48 Å². The normalized spacial score (nSPS) is 14.4. The van der Waals surface area contributed by atoms with Gasteiger partial charge in [0.25, 0.3) is 0 Å². The number of rotatable bonds is 8. The van der Waals surface area contributed by atoms with Gasteiger partial charge in [-0.15, -0.1) is 22.7 Å². The summed E-state index contributed by atoms with van der Waals surface area (Å²) in [7, 11) is -2.92. The van der Waals surface area contributed by atoms with Crippen LogP contribution in [0, 0.1) is 0 Å². The highest BCUT2D eigenvalue weighted by Crippen LogP contribution is 2.64. The average molecular weight is 1150 g/mol. The summed E-state index contributed by atoms with van der Waals surface area (Å²) >= 11 is 3.92. The minimum atomic E-state index is -1.74. The van der Waals surface area contributed by atoms with E-state index in [9.17, 15) is 0 Å². The highest BCUT2D eigenvalue weighted by molar-refractivity contribution is 7.27. The van der Waals surface area contributed by atoms with E-state index in [1.54, 1.807) is 0 Å². The molecule has 10 aromatic carbocycles. The van der Waals surface area contributed by atoms with Crippen LogP contribution in [0.1, 0.15) is 99.9 Å². The molecule has 0 radical (unpaired) electrons. The number of benzene rings is 10. The van der Waals surface area contributed by atoms with Crippen molar-refractivity contribution < 1.29 is 0 Å². The summed E-state index contributed by atoms with van der Waals surface area (Å²) < 4.78 is 5.37. The molecular weight excluding hydrogens is 1070 g/mol. The third kappa shape index (κ3) is 8.25. The quantitative estimate of drug-likeness (QED) is 0.140. The lowest BCUT2D eigenvalue weighted by Crippen LogP contribution is -2.40. The fraction of sp³-hybridized carbons (Fsp3) is 0.221. The number of hydrogen-bond acceptors (Lipinski definition) is 4. The van der Waals surface area contributed by atoms with Crippen LogP contribution in [0.15, 0.2) is 206 Å². The van der Waals surface area contributed by atoms with Gasteiger partial charge in [-0.25, -0.2) is 0 Å². The van der Waals surface area contributed by atoms with E-state index >= 15 is 0 Å². The van der Waals surface area contributed by atoms with Gasteiger partial charge in [-0.05, 0) is 127 Å². The maximum Gasteiger partial charge on any atom is 0.0776 e. The number of anilines is 6. The standard InChI is InChI=1S/C77H74N2S2Si2/c1-74(2,3)64-36-20-28-56-58-30-22-38-68(72(58)80-70(56)64)78(48-24-18-26-52(44-48)82(9)10)50-40-42-54-55-43-41-51(47-67(55)77(66(54)46-50)62-34-16-14-32-60(62)76(7,8)61-33-15-17-35-63(61)77)79(49-25-19-27-53(45-49)83(11,12)13)69-39-23-31-59-57-29-21-37-65(75(4,5)6)71(57)81-73(59)69/h14-47,82H,1-13H3. The van der Waals surface area contributed by atoms with Gasteiger partial charge in [0.2, 0.25) is 0 Å². The first kappa shape index (κ1) is 53.7. The van der Waals surface area contributed by atoms with E-state index in [1.807, 2.05) is 22.7 Å². The van der Waals surface area contributed by atoms with E-state index in [1.165, 1.54) is 129 Å². The number of fused-ring (bicyclic) bond motifs is 15. The molecule has 0 unspecified atom stereocenters. The second-order valence-corrected chi connectivity index (χ2v) is 37.6. The third-order valence-corrected chi connectivity index (χ3v) is 24.8. The molecule has 0 atom stereocenters. The molecule has 0 saturated heterocycles. The molecule has 2 aliphatic carbocycles. The molecule has 2 heterocycles. The van der Waals surface area contributed by atoms with Crippen molar-refractivity contribution in [2.75, 3.05) is 9.80 Å². The van der Waals surface area contributed by atoms with Crippen LogP contribution < -0.4 is 20.2 Å². The molecule has 0 aliphatic heterocycles. The Hall–Kier alpha value is -7.33. The first-order valence-electron chi connectivity index (χ1n) is 29.9. The lowest BCUT2D eigenvalue weighted by atomic mass is 9.55. The van der Waals surface area contributed by atoms with Gasteiger partial charge in [0, 0.05) is 59.1 Å². The molecule has 412 valence electrons. The number of nitrogens with zero attached hydrogens (tertiary/aromatic N) is 2. The summed E-state index contributed by atoms with van der Waals surface area (Å²) in [5.74, 6) is 0. The van der Waals surface area contributed by atoms with Gasteiger partial charge in [-0.3, -0.25) is 0 Å². The van der Waals surface area contributed by atoms with E-state index in [0.29, 0.717) is 0 Å². The molecule has 2 aliphatic rings. The van der Waals surface area contributed by atoms with Crippen molar-refractivity contribution in [3.63, 3.8) is 0 Å². The predicted molar refractivity (Wildman–Crippen MR) is 370 cm³/mol. The fourth-order valence-electron chi connectivity index (χ4n) is 14.3. The first-order chi connectivity index (χ1) is 39.7. The van der Waals surface area contributed by atoms with Crippen molar-refractivity contribution in [3.8, 4) is 11.1 Å². The van der Waals surface area contributed by atoms with Crippen molar-refractivity contribution in [2.24, 2.45) is 0 Å². The molecule has 0 bridgehead atoms. The SMILES string of the molecule is C[SiH](C)c1cccc(N(c2ccc3c(c2)C2(c4cc(N(c5cccc([Si](C)(C)C)c5)c5cccc6c5sc5c(C(C)(C)C)cccc56)ccc4-3)c3ccccc3C(C)(C)c3ccccc32)c2cccc3c2sc2c(C(C)(C)C)cccc23)c1. The van der Waals surface area contributed by atoms with Crippen LogP contribution in [0.4, 0.5) is 34.1 Å². The molecule has 14 rings (SSSR count). The molecule has 0 saturated carbocycles. The smallest absolute Gasteiger partial charge is 0.0776 e. The second kappa shape index (κ2) is 19.1. The van der Waals surface area contributed by atoms with E-state index < -0.39 is 22.3 Å². The predicted octanol–water partition coefficient (Wildman–Crippen LogP) is 21.2. The van der Waals surface area contributed by atoms with Crippen molar-refractivity contribution in [2.45, 2.75) is 110 Å². The molecule has 6 heteroatoms. The molecule has 2 aromatic heterocycles. The average Bonchev–Trinajstić information content (AvgIpc) is 1.86. The molecule has 0 amide bonds. The van der Waals surface area contributed by atoms with Crippen LogP contribution in [-0.4, -0.2) is 16.9 Å². The van der Waals surface area contributed by atoms with Crippen LogP contribution >= 0.6 is 22.7 Å². The molecule has 1 spiro atoms.